The molecule has 0 aliphatic rings. The highest BCUT2D eigenvalue weighted by Crippen LogP contribution is 2.36. The Kier molecular flexibility index (Phi) is 3.80. The molecule has 0 saturated carbocycles. The molecule has 3 nitrogen and oxygen atoms in total. The third-order valence-corrected chi connectivity index (χ3v) is 3.37. The Balaban J connectivity index is 3.44. The predicted octanol–water partition coefficient (Wildman–Crippen LogP) is 3.23. The average molecular weight is 343 g/mol. The van der Waals surface area contributed by atoms with Crippen LogP contribution in [0.2, 0.25) is 5.02 Å². The lowest BCUT2D eigenvalue weighted by Crippen LogP contribution is -2.05. The number of nitrogen functional groups attached to an aromatic ring is 1. The molecule has 1 aromatic carbocycles. The summed E-state index contributed by atoms with van der Waals surface area (Å²) < 4.78 is 5.63. The highest BCUT2D eigenvalue weighted by Gasteiger charge is 2.18. The van der Waals surface area contributed by atoms with E-state index in [1.165, 1.54) is 7.11 Å². The van der Waals surface area contributed by atoms with Crippen molar-refractivity contribution >= 4 is 55.1 Å². The van der Waals surface area contributed by atoms with Crippen molar-refractivity contribution in [1.29, 1.82) is 0 Å². The fraction of sp³-hybridized carbons (Fsp3) is 0.125. The molecule has 0 radical (unpaired) electrons. The molecule has 6 heteroatoms. The molecular formula is C8H6Br2ClNO2. The number of halogens is 3. The van der Waals surface area contributed by atoms with Gasteiger partial charge in [-0.3, -0.25) is 0 Å². The van der Waals surface area contributed by atoms with Gasteiger partial charge in [-0.2, -0.15) is 0 Å². The summed E-state index contributed by atoms with van der Waals surface area (Å²) in [7, 11) is 1.28. The van der Waals surface area contributed by atoms with Crippen LogP contribution in [0.1, 0.15) is 10.4 Å². The molecule has 0 atom stereocenters. The number of carbonyl (C=O) groups is 1. The topological polar surface area (TPSA) is 52.3 Å². The Labute approximate surface area is 103 Å². The van der Waals surface area contributed by atoms with E-state index in [-0.39, 0.29) is 10.6 Å². The zero-order valence-electron chi connectivity index (χ0n) is 7.11. The summed E-state index contributed by atoms with van der Waals surface area (Å²) in [6, 6.07) is 1.55. The van der Waals surface area contributed by atoms with E-state index in [0.717, 1.165) is 0 Å². The summed E-state index contributed by atoms with van der Waals surface area (Å²) >= 11 is 12.3. The number of methoxy groups -OCH3 is 1. The molecule has 2 N–H and O–H groups in total. The number of esters is 1. The van der Waals surface area contributed by atoms with Crippen LogP contribution >= 0.6 is 43.5 Å². The zero-order chi connectivity index (χ0) is 10.9. The van der Waals surface area contributed by atoms with Gasteiger partial charge in [0, 0.05) is 4.47 Å². The van der Waals surface area contributed by atoms with Crippen molar-refractivity contribution in [2.45, 2.75) is 0 Å². The van der Waals surface area contributed by atoms with Gasteiger partial charge in [-0.1, -0.05) is 11.6 Å². The largest absolute Gasteiger partial charge is 0.465 e. The zero-order valence-corrected chi connectivity index (χ0v) is 11.0. The van der Waals surface area contributed by atoms with Gasteiger partial charge in [0.1, 0.15) is 0 Å². The third-order valence-electron chi connectivity index (χ3n) is 1.60. The predicted molar refractivity (Wildman–Crippen MR) is 62.6 cm³/mol. The van der Waals surface area contributed by atoms with Gasteiger partial charge in [0.05, 0.1) is 27.9 Å². The van der Waals surface area contributed by atoms with E-state index in [4.69, 9.17) is 17.3 Å². The van der Waals surface area contributed by atoms with Crippen LogP contribution in [0.5, 0.6) is 0 Å². The lowest BCUT2D eigenvalue weighted by atomic mass is 10.2. The Morgan fingerprint density at radius 3 is 2.64 bits per heavy atom. The van der Waals surface area contributed by atoms with Crippen molar-refractivity contribution in [1.82, 2.24) is 0 Å². The van der Waals surface area contributed by atoms with Gasteiger partial charge in [-0.05, 0) is 37.9 Å². The second-order valence-electron chi connectivity index (χ2n) is 2.43. The maximum absolute atomic E-state index is 11.3. The molecule has 1 aromatic rings. The van der Waals surface area contributed by atoms with Crippen LogP contribution in [0.3, 0.4) is 0 Å². The first-order valence-corrected chi connectivity index (χ1v) is 5.46. The smallest absolute Gasteiger partial charge is 0.340 e. The Morgan fingerprint density at radius 2 is 2.14 bits per heavy atom. The van der Waals surface area contributed by atoms with Gasteiger partial charge >= 0.3 is 5.97 Å². The monoisotopic (exact) mass is 341 g/mol. The van der Waals surface area contributed by atoms with E-state index in [2.05, 4.69) is 36.6 Å². The maximum atomic E-state index is 11.3. The van der Waals surface area contributed by atoms with Gasteiger partial charge < -0.3 is 10.5 Å². The molecule has 14 heavy (non-hydrogen) atoms. The van der Waals surface area contributed by atoms with Crippen molar-refractivity contribution in [2.24, 2.45) is 0 Å². The molecule has 0 amide bonds. The number of benzene rings is 1. The summed E-state index contributed by atoms with van der Waals surface area (Å²) in [6.45, 7) is 0. The van der Waals surface area contributed by atoms with E-state index >= 15 is 0 Å². The molecule has 0 aliphatic heterocycles. The molecule has 0 heterocycles. The van der Waals surface area contributed by atoms with E-state index in [9.17, 15) is 4.79 Å². The summed E-state index contributed by atoms with van der Waals surface area (Å²) in [5.41, 5.74) is 6.33. The van der Waals surface area contributed by atoms with Gasteiger partial charge in [0.2, 0.25) is 0 Å². The van der Waals surface area contributed by atoms with E-state index < -0.39 is 5.97 Å². The van der Waals surface area contributed by atoms with Gasteiger partial charge in [-0.25, -0.2) is 4.79 Å². The van der Waals surface area contributed by atoms with E-state index in [0.29, 0.717) is 14.6 Å². The van der Waals surface area contributed by atoms with Crippen molar-refractivity contribution in [3.8, 4) is 0 Å². The molecule has 0 saturated heterocycles. The minimum atomic E-state index is -0.527. The SMILES string of the molecule is COC(=O)c1c(Cl)cc(Br)c(N)c1Br. The Hall–Kier alpha value is -0.260. The molecule has 0 unspecified atom stereocenters. The third kappa shape index (κ3) is 2.04. The van der Waals surface area contributed by atoms with Crippen LogP contribution in [0.4, 0.5) is 5.69 Å². The molecule has 1 rings (SSSR count). The Bertz CT molecular complexity index is 395. The number of hydrogen-bond donors (Lipinski definition) is 1. The van der Waals surface area contributed by atoms with E-state index in [1.807, 2.05) is 0 Å². The number of carbonyl (C=O) groups excluding carboxylic acids is 1. The maximum Gasteiger partial charge on any atom is 0.340 e. The van der Waals surface area contributed by atoms with Crippen molar-refractivity contribution in [3.63, 3.8) is 0 Å². The van der Waals surface area contributed by atoms with Crippen molar-refractivity contribution in [2.75, 3.05) is 12.8 Å². The lowest BCUT2D eigenvalue weighted by Gasteiger charge is -2.08. The van der Waals surface area contributed by atoms with Crippen LogP contribution in [0.15, 0.2) is 15.0 Å². The molecule has 0 spiro atoms. The molecule has 76 valence electrons. The number of anilines is 1. The average Bonchev–Trinajstić information content (AvgIpc) is 2.14. The number of nitrogens with two attached hydrogens (primary N) is 1. The number of rotatable bonds is 1. The fourth-order valence-corrected chi connectivity index (χ4v) is 2.70. The summed E-state index contributed by atoms with van der Waals surface area (Å²) in [6.07, 6.45) is 0. The first-order chi connectivity index (χ1) is 6.49. The van der Waals surface area contributed by atoms with Crippen LogP contribution in [-0.2, 0) is 4.74 Å². The summed E-state index contributed by atoms with van der Waals surface area (Å²) in [4.78, 5) is 11.3. The molecule has 0 aromatic heterocycles. The van der Waals surface area contributed by atoms with Crippen LogP contribution in [0.25, 0.3) is 0 Å². The van der Waals surface area contributed by atoms with Gasteiger partial charge in [0.25, 0.3) is 0 Å². The van der Waals surface area contributed by atoms with Crippen molar-refractivity contribution in [3.05, 3.63) is 25.6 Å². The number of hydrogen-bond acceptors (Lipinski definition) is 3. The number of ether oxygens (including phenoxy) is 1. The summed E-state index contributed by atoms with van der Waals surface area (Å²) in [5.74, 6) is -0.527. The summed E-state index contributed by atoms with van der Waals surface area (Å²) in [5, 5.41) is 0.282. The molecule has 0 aliphatic carbocycles. The first-order valence-electron chi connectivity index (χ1n) is 3.50. The standard InChI is InChI=1S/C8H6Br2ClNO2/c1-14-8(13)5-4(11)2-3(9)7(12)6(5)10/h2H,12H2,1H3. The van der Waals surface area contributed by atoms with Crippen molar-refractivity contribution < 1.29 is 9.53 Å². The molecule has 0 bridgehead atoms. The van der Waals surface area contributed by atoms with E-state index in [1.54, 1.807) is 6.07 Å². The Morgan fingerprint density at radius 1 is 1.57 bits per heavy atom. The van der Waals surface area contributed by atoms with Crippen LogP contribution in [-0.4, -0.2) is 13.1 Å². The normalized spacial score (nSPS) is 10.0. The lowest BCUT2D eigenvalue weighted by molar-refractivity contribution is 0.0600. The first kappa shape index (κ1) is 11.8. The van der Waals surface area contributed by atoms with Gasteiger partial charge in [-0.15, -0.1) is 0 Å². The molecule has 0 fully saturated rings. The molecular weight excluding hydrogens is 337 g/mol. The second-order valence-corrected chi connectivity index (χ2v) is 4.49. The van der Waals surface area contributed by atoms with Crippen LogP contribution in [0, 0.1) is 0 Å². The quantitative estimate of drug-likeness (QED) is 0.629. The van der Waals surface area contributed by atoms with Gasteiger partial charge in [0.15, 0.2) is 0 Å². The second kappa shape index (κ2) is 4.51. The van der Waals surface area contributed by atoms with Crippen LogP contribution < -0.4 is 5.73 Å². The highest BCUT2D eigenvalue weighted by molar-refractivity contribution is 9.11. The minimum Gasteiger partial charge on any atom is -0.465 e. The minimum absolute atomic E-state index is 0.231. The fourth-order valence-electron chi connectivity index (χ4n) is 0.895. The highest BCUT2D eigenvalue weighted by atomic mass is 79.9.